The molecular weight excluding hydrogens is 392 g/mol. The zero-order valence-corrected chi connectivity index (χ0v) is 16.1. The molecule has 1 amide bonds. The molecule has 142 valence electrons. The van der Waals surface area contributed by atoms with Gasteiger partial charge in [0, 0.05) is 16.0 Å². The summed E-state index contributed by atoms with van der Waals surface area (Å²) in [5.74, 6) is -1.22. The highest BCUT2D eigenvalue weighted by atomic mass is 35.5. The lowest BCUT2D eigenvalue weighted by Crippen LogP contribution is -2.32. The molecule has 0 aliphatic rings. The van der Waals surface area contributed by atoms with Crippen LogP contribution >= 0.6 is 23.4 Å². The van der Waals surface area contributed by atoms with Crippen LogP contribution < -0.4 is 5.32 Å². The summed E-state index contributed by atoms with van der Waals surface area (Å²) < 4.78 is 5.17. The highest BCUT2D eigenvalue weighted by molar-refractivity contribution is 8.00. The number of hydrogen-bond donors (Lipinski definition) is 1. The molecule has 2 aromatic rings. The Kier molecular flexibility index (Phi) is 7.20. The molecule has 0 aliphatic carbocycles. The molecule has 2 atom stereocenters. The number of benzene rings is 2. The molecule has 0 unspecified atom stereocenters. The van der Waals surface area contributed by atoms with E-state index in [1.807, 2.05) is 0 Å². The standard InChI is InChI=1S/C18H17ClN2O5S/c1-11(17(22)20-15-5-3-4-6-16(15)21(24)25)26-18(23)12(2)27-14-9-7-13(19)8-10-14/h3-12H,1-2H3,(H,20,22)/t11-,12-/m1/s1. The van der Waals surface area contributed by atoms with Gasteiger partial charge in [0.25, 0.3) is 11.6 Å². The number of amides is 1. The highest BCUT2D eigenvalue weighted by Gasteiger charge is 2.24. The highest BCUT2D eigenvalue weighted by Crippen LogP contribution is 2.26. The van der Waals surface area contributed by atoms with Crippen LogP contribution in [-0.2, 0) is 14.3 Å². The van der Waals surface area contributed by atoms with Crippen molar-refractivity contribution >= 4 is 46.6 Å². The van der Waals surface area contributed by atoms with E-state index in [-0.39, 0.29) is 11.4 Å². The predicted molar refractivity (Wildman–Crippen MR) is 104 cm³/mol. The Balaban J connectivity index is 1.94. The van der Waals surface area contributed by atoms with Gasteiger partial charge in [-0.15, -0.1) is 11.8 Å². The SMILES string of the molecule is C[C@@H](OC(=O)[C@@H](C)Sc1ccc(Cl)cc1)C(=O)Nc1ccccc1[N+](=O)[O-]. The van der Waals surface area contributed by atoms with Crippen molar-refractivity contribution in [2.24, 2.45) is 0 Å². The van der Waals surface area contributed by atoms with Crippen LogP contribution in [0.3, 0.4) is 0 Å². The molecule has 0 heterocycles. The Labute approximate surface area is 165 Å². The zero-order chi connectivity index (χ0) is 20.0. The maximum atomic E-state index is 12.2. The molecule has 2 aromatic carbocycles. The van der Waals surface area contributed by atoms with Crippen LogP contribution in [0, 0.1) is 10.1 Å². The summed E-state index contributed by atoms with van der Waals surface area (Å²) in [6.45, 7) is 3.07. The van der Waals surface area contributed by atoms with Crippen molar-refractivity contribution in [1.29, 1.82) is 0 Å². The second-order valence-corrected chi connectivity index (χ2v) is 7.41. The Morgan fingerprint density at radius 3 is 2.41 bits per heavy atom. The minimum absolute atomic E-state index is 0.0407. The smallest absolute Gasteiger partial charge is 0.319 e. The van der Waals surface area contributed by atoms with Gasteiger partial charge in [-0.25, -0.2) is 0 Å². The lowest BCUT2D eigenvalue weighted by molar-refractivity contribution is -0.383. The van der Waals surface area contributed by atoms with Gasteiger partial charge >= 0.3 is 5.97 Å². The lowest BCUT2D eigenvalue weighted by Gasteiger charge is -2.16. The van der Waals surface area contributed by atoms with Crippen LogP contribution in [0.5, 0.6) is 0 Å². The van der Waals surface area contributed by atoms with Crippen LogP contribution in [-0.4, -0.2) is 28.2 Å². The van der Waals surface area contributed by atoms with E-state index < -0.39 is 28.2 Å². The number of nitrogens with zero attached hydrogens (tertiary/aromatic N) is 1. The molecule has 7 nitrogen and oxygen atoms in total. The van der Waals surface area contributed by atoms with Crippen molar-refractivity contribution in [2.45, 2.75) is 30.1 Å². The van der Waals surface area contributed by atoms with Gasteiger partial charge in [0.15, 0.2) is 6.10 Å². The van der Waals surface area contributed by atoms with Gasteiger partial charge in [0.2, 0.25) is 0 Å². The number of halogens is 1. The van der Waals surface area contributed by atoms with Gasteiger partial charge < -0.3 is 10.1 Å². The molecule has 0 spiro atoms. The maximum Gasteiger partial charge on any atom is 0.319 e. The number of hydrogen-bond acceptors (Lipinski definition) is 6. The molecule has 27 heavy (non-hydrogen) atoms. The van der Waals surface area contributed by atoms with Crippen LogP contribution in [0.4, 0.5) is 11.4 Å². The fourth-order valence-corrected chi connectivity index (χ4v) is 3.04. The Bertz CT molecular complexity index is 844. The maximum absolute atomic E-state index is 12.2. The molecule has 0 saturated heterocycles. The van der Waals surface area contributed by atoms with Crippen molar-refractivity contribution in [3.8, 4) is 0 Å². The van der Waals surface area contributed by atoms with Crippen molar-refractivity contribution in [2.75, 3.05) is 5.32 Å². The molecular formula is C18H17ClN2O5S. The zero-order valence-electron chi connectivity index (χ0n) is 14.5. The Morgan fingerprint density at radius 1 is 1.15 bits per heavy atom. The van der Waals surface area contributed by atoms with E-state index in [9.17, 15) is 19.7 Å². The van der Waals surface area contributed by atoms with Crippen LogP contribution in [0.25, 0.3) is 0 Å². The van der Waals surface area contributed by atoms with Crippen LogP contribution in [0.1, 0.15) is 13.8 Å². The van der Waals surface area contributed by atoms with Gasteiger partial charge in [-0.1, -0.05) is 23.7 Å². The second-order valence-electron chi connectivity index (χ2n) is 5.56. The molecule has 0 saturated carbocycles. The number of thioether (sulfide) groups is 1. The van der Waals surface area contributed by atoms with Crippen LogP contribution in [0.2, 0.25) is 5.02 Å². The molecule has 2 rings (SSSR count). The fraction of sp³-hybridized carbons (Fsp3) is 0.222. The molecule has 0 aliphatic heterocycles. The van der Waals surface area contributed by atoms with E-state index in [1.165, 1.54) is 36.9 Å². The minimum atomic E-state index is -1.11. The van der Waals surface area contributed by atoms with Crippen LogP contribution in [0.15, 0.2) is 53.4 Å². The van der Waals surface area contributed by atoms with Gasteiger partial charge in [-0.05, 0) is 44.2 Å². The van der Waals surface area contributed by atoms with Crippen molar-refractivity contribution in [3.63, 3.8) is 0 Å². The van der Waals surface area contributed by atoms with E-state index in [0.717, 1.165) is 4.90 Å². The van der Waals surface area contributed by atoms with Gasteiger partial charge in [0.1, 0.15) is 10.9 Å². The molecule has 0 bridgehead atoms. The first kappa shape index (κ1) is 20.7. The summed E-state index contributed by atoms with van der Waals surface area (Å²) in [6.07, 6.45) is -1.11. The molecule has 0 fully saturated rings. The number of ether oxygens (including phenoxy) is 1. The van der Waals surface area contributed by atoms with Gasteiger partial charge in [-0.3, -0.25) is 19.7 Å². The molecule has 1 N–H and O–H groups in total. The number of nitro groups is 1. The fourth-order valence-electron chi connectivity index (χ4n) is 2.06. The van der Waals surface area contributed by atoms with E-state index in [2.05, 4.69) is 5.32 Å². The monoisotopic (exact) mass is 408 g/mol. The largest absolute Gasteiger partial charge is 0.452 e. The molecule has 9 heteroatoms. The van der Waals surface area contributed by atoms with E-state index in [0.29, 0.717) is 5.02 Å². The predicted octanol–water partition coefficient (Wildman–Crippen LogP) is 4.30. The number of para-hydroxylation sites is 2. The quantitative estimate of drug-likeness (QED) is 0.317. The molecule has 0 aromatic heterocycles. The summed E-state index contributed by atoms with van der Waals surface area (Å²) in [6, 6.07) is 12.7. The first-order valence-corrected chi connectivity index (χ1v) is 9.20. The number of nitrogens with one attached hydrogen (secondary N) is 1. The summed E-state index contributed by atoms with van der Waals surface area (Å²) in [5.41, 5.74) is -0.199. The summed E-state index contributed by atoms with van der Waals surface area (Å²) >= 11 is 7.09. The van der Waals surface area contributed by atoms with E-state index in [1.54, 1.807) is 37.3 Å². The third-order valence-electron chi connectivity index (χ3n) is 3.48. The van der Waals surface area contributed by atoms with Crippen molar-refractivity contribution < 1.29 is 19.2 Å². The minimum Gasteiger partial charge on any atom is -0.452 e. The lowest BCUT2D eigenvalue weighted by atomic mass is 10.2. The van der Waals surface area contributed by atoms with Gasteiger partial charge in [0.05, 0.1) is 4.92 Å². The second kappa shape index (κ2) is 9.38. The first-order chi connectivity index (χ1) is 12.8. The first-order valence-electron chi connectivity index (χ1n) is 7.95. The third kappa shape index (κ3) is 5.97. The summed E-state index contributed by atoms with van der Waals surface area (Å²) in [7, 11) is 0. The summed E-state index contributed by atoms with van der Waals surface area (Å²) in [4.78, 5) is 35.6. The van der Waals surface area contributed by atoms with Gasteiger partial charge in [-0.2, -0.15) is 0 Å². The number of carbonyl (C=O) groups is 2. The molecule has 0 radical (unpaired) electrons. The summed E-state index contributed by atoms with van der Waals surface area (Å²) in [5, 5.41) is 13.4. The number of nitro benzene ring substituents is 1. The van der Waals surface area contributed by atoms with E-state index in [4.69, 9.17) is 16.3 Å². The third-order valence-corrected chi connectivity index (χ3v) is 4.82. The topological polar surface area (TPSA) is 98.5 Å². The number of rotatable bonds is 7. The number of carbonyl (C=O) groups excluding carboxylic acids is 2. The average Bonchev–Trinajstić information content (AvgIpc) is 2.63. The Morgan fingerprint density at radius 2 is 1.78 bits per heavy atom. The van der Waals surface area contributed by atoms with Crippen molar-refractivity contribution in [3.05, 3.63) is 63.7 Å². The van der Waals surface area contributed by atoms with Crippen molar-refractivity contribution in [1.82, 2.24) is 0 Å². The normalized spacial score (nSPS) is 12.7. The number of anilines is 1. The van der Waals surface area contributed by atoms with E-state index >= 15 is 0 Å². The number of esters is 1. The Hall–Kier alpha value is -2.58. The average molecular weight is 409 g/mol.